The van der Waals surface area contributed by atoms with E-state index < -0.39 is 0 Å². The van der Waals surface area contributed by atoms with Crippen LogP contribution in [0.15, 0.2) is 53.0 Å². The van der Waals surface area contributed by atoms with Crippen molar-refractivity contribution in [1.82, 2.24) is 0 Å². The van der Waals surface area contributed by atoms with Gasteiger partial charge in [-0.05, 0) is 64.3 Å². The van der Waals surface area contributed by atoms with E-state index >= 15 is 0 Å². The molecule has 0 radical (unpaired) electrons. The molecule has 0 aromatic heterocycles. The van der Waals surface area contributed by atoms with Crippen LogP contribution in [0.25, 0.3) is 6.08 Å². The summed E-state index contributed by atoms with van der Waals surface area (Å²) < 4.78 is 13.6. The van der Waals surface area contributed by atoms with Crippen molar-refractivity contribution in [3.63, 3.8) is 0 Å². The van der Waals surface area contributed by atoms with Crippen LogP contribution in [0.4, 0.5) is 10.1 Å². The zero-order chi connectivity index (χ0) is 14.5. The van der Waals surface area contributed by atoms with Crippen molar-refractivity contribution in [3.05, 3.63) is 70.0 Å². The molecule has 0 fully saturated rings. The minimum Gasteiger partial charge on any atom is -0.321 e. The van der Waals surface area contributed by atoms with Gasteiger partial charge in [-0.2, -0.15) is 0 Å². The lowest BCUT2D eigenvalue weighted by atomic mass is 10.2. The number of aryl methyl sites for hydroxylation is 1. The van der Waals surface area contributed by atoms with Crippen molar-refractivity contribution in [1.29, 1.82) is 0 Å². The Labute approximate surface area is 125 Å². The SMILES string of the molecule is Cc1ccc(Br)c(NC(=O)/C=C/c2ccc(F)cc2)c1. The Kier molecular flexibility index (Phi) is 4.69. The van der Waals surface area contributed by atoms with Gasteiger partial charge in [-0.1, -0.05) is 18.2 Å². The fraction of sp³-hybridized carbons (Fsp3) is 0.0625. The van der Waals surface area contributed by atoms with E-state index in [9.17, 15) is 9.18 Å². The third kappa shape index (κ3) is 4.03. The fourth-order valence-corrected chi connectivity index (χ4v) is 2.00. The Morgan fingerprint density at radius 1 is 1.20 bits per heavy atom. The molecule has 0 atom stereocenters. The number of amides is 1. The van der Waals surface area contributed by atoms with E-state index in [1.807, 2.05) is 25.1 Å². The quantitative estimate of drug-likeness (QED) is 0.820. The summed E-state index contributed by atoms with van der Waals surface area (Å²) in [6, 6.07) is 11.7. The van der Waals surface area contributed by atoms with Crippen LogP contribution < -0.4 is 5.32 Å². The van der Waals surface area contributed by atoms with E-state index in [-0.39, 0.29) is 11.7 Å². The first-order chi connectivity index (χ1) is 9.54. The van der Waals surface area contributed by atoms with Crippen molar-refractivity contribution in [2.45, 2.75) is 6.92 Å². The summed E-state index contributed by atoms with van der Waals surface area (Å²) in [7, 11) is 0. The smallest absolute Gasteiger partial charge is 0.248 e. The monoisotopic (exact) mass is 333 g/mol. The molecule has 20 heavy (non-hydrogen) atoms. The van der Waals surface area contributed by atoms with Crippen molar-refractivity contribution in [2.24, 2.45) is 0 Å². The molecule has 0 aliphatic carbocycles. The summed E-state index contributed by atoms with van der Waals surface area (Å²) in [6.45, 7) is 1.95. The van der Waals surface area contributed by atoms with Crippen LogP contribution in [0, 0.1) is 12.7 Å². The topological polar surface area (TPSA) is 29.1 Å². The van der Waals surface area contributed by atoms with Crippen LogP contribution in [0.2, 0.25) is 0 Å². The molecule has 102 valence electrons. The normalized spacial score (nSPS) is 10.8. The average Bonchev–Trinajstić information content (AvgIpc) is 2.42. The van der Waals surface area contributed by atoms with Crippen LogP contribution in [0.3, 0.4) is 0 Å². The number of benzene rings is 2. The Balaban J connectivity index is 2.05. The lowest BCUT2D eigenvalue weighted by Gasteiger charge is -2.06. The molecule has 4 heteroatoms. The van der Waals surface area contributed by atoms with Gasteiger partial charge in [0.25, 0.3) is 0 Å². The predicted octanol–water partition coefficient (Wildman–Crippen LogP) is 4.55. The van der Waals surface area contributed by atoms with E-state index in [4.69, 9.17) is 0 Å². The molecule has 0 aliphatic rings. The van der Waals surface area contributed by atoms with Crippen LogP contribution >= 0.6 is 15.9 Å². The van der Waals surface area contributed by atoms with Gasteiger partial charge in [0.2, 0.25) is 5.91 Å². The molecule has 0 spiro atoms. The summed E-state index contributed by atoms with van der Waals surface area (Å²) in [4.78, 5) is 11.8. The maximum Gasteiger partial charge on any atom is 0.248 e. The highest BCUT2D eigenvalue weighted by atomic mass is 79.9. The van der Waals surface area contributed by atoms with Crippen molar-refractivity contribution < 1.29 is 9.18 Å². The Bertz CT molecular complexity index is 650. The molecular weight excluding hydrogens is 321 g/mol. The first-order valence-electron chi connectivity index (χ1n) is 6.05. The van der Waals surface area contributed by atoms with Gasteiger partial charge < -0.3 is 5.32 Å². The Hall–Kier alpha value is -1.94. The minimum atomic E-state index is -0.296. The summed E-state index contributed by atoms with van der Waals surface area (Å²) in [5, 5.41) is 2.79. The zero-order valence-corrected chi connectivity index (χ0v) is 12.4. The average molecular weight is 334 g/mol. The lowest BCUT2D eigenvalue weighted by Crippen LogP contribution is -2.08. The lowest BCUT2D eigenvalue weighted by molar-refractivity contribution is -0.111. The standard InChI is InChI=1S/C16H13BrFNO/c1-11-2-8-14(17)15(10-11)19-16(20)9-5-12-3-6-13(18)7-4-12/h2-10H,1H3,(H,19,20)/b9-5+. The molecule has 0 unspecified atom stereocenters. The molecule has 1 N–H and O–H groups in total. The summed E-state index contributed by atoms with van der Waals surface area (Å²) in [5.41, 5.74) is 2.55. The second-order valence-electron chi connectivity index (χ2n) is 4.36. The first-order valence-corrected chi connectivity index (χ1v) is 6.85. The van der Waals surface area contributed by atoms with Gasteiger partial charge >= 0.3 is 0 Å². The molecule has 2 aromatic carbocycles. The summed E-state index contributed by atoms with van der Waals surface area (Å²) in [5.74, 6) is -0.532. The maximum absolute atomic E-state index is 12.7. The van der Waals surface area contributed by atoms with Crippen molar-refractivity contribution in [3.8, 4) is 0 Å². The highest BCUT2D eigenvalue weighted by Gasteiger charge is 2.02. The van der Waals surface area contributed by atoms with Gasteiger partial charge in [-0.25, -0.2) is 4.39 Å². The summed E-state index contributed by atoms with van der Waals surface area (Å²) in [6.07, 6.45) is 3.06. The second kappa shape index (κ2) is 6.48. The number of carbonyl (C=O) groups is 1. The van der Waals surface area contributed by atoms with Crippen LogP contribution in [-0.2, 0) is 4.79 Å². The van der Waals surface area contributed by atoms with E-state index in [1.54, 1.807) is 18.2 Å². The molecule has 2 rings (SSSR count). The van der Waals surface area contributed by atoms with Gasteiger partial charge in [0, 0.05) is 10.5 Å². The van der Waals surface area contributed by atoms with Gasteiger partial charge in [0.1, 0.15) is 5.82 Å². The molecule has 2 aromatic rings. The number of nitrogens with one attached hydrogen (secondary N) is 1. The molecule has 1 amide bonds. The van der Waals surface area contributed by atoms with E-state index in [1.165, 1.54) is 18.2 Å². The van der Waals surface area contributed by atoms with Crippen LogP contribution in [0.5, 0.6) is 0 Å². The molecule has 0 heterocycles. The third-order valence-corrected chi connectivity index (χ3v) is 3.37. The molecule has 0 aliphatic heterocycles. The van der Waals surface area contributed by atoms with Crippen molar-refractivity contribution >= 4 is 33.6 Å². The van der Waals surface area contributed by atoms with Crippen molar-refractivity contribution in [2.75, 3.05) is 5.32 Å². The Morgan fingerprint density at radius 2 is 1.90 bits per heavy atom. The molecule has 0 saturated heterocycles. The molecular formula is C16H13BrFNO. The van der Waals surface area contributed by atoms with Crippen LogP contribution in [-0.4, -0.2) is 5.91 Å². The largest absolute Gasteiger partial charge is 0.321 e. The number of halogens is 2. The molecule has 2 nitrogen and oxygen atoms in total. The third-order valence-electron chi connectivity index (χ3n) is 2.68. The number of hydrogen-bond acceptors (Lipinski definition) is 1. The maximum atomic E-state index is 12.7. The van der Waals surface area contributed by atoms with Gasteiger partial charge in [-0.3, -0.25) is 4.79 Å². The predicted molar refractivity (Wildman–Crippen MR) is 82.9 cm³/mol. The highest BCUT2D eigenvalue weighted by molar-refractivity contribution is 9.10. The zero-order valence-electron chi connectivity index (χ0n) is 10.9. The molecule has 0 bridgehead atoms. The number of carbonyl (C=O) groups excluding carboxylic acids is 1. The van der Waals surface area contributed by atoms with E-state index in [0.717, 1.165) is 21.3 Å². The Morgan fingerprint density at radius 3 is 2.60 bits per heavy atom. The second-order valence-corrected chi connectivity index (χ2v) is 5.21. The molecule has 0 saturated carbocycles. The van der Waals surface area contributed by atoms with Gasteiger partial charge in [0.15, 0.2) is 0 Å². The minimum absolute atomic E-state index is 0.236. The van der Waals surface area contributed by atoms with E-state index in [0.29, 0.717) is 0 Å². The van der Waals surface area contributed by atoms with E-state index in [2.05, 4.69) is 21.2 Å². The van der Waals surface area contributed by atoms with Crippen LogP contribution in [0.1, 0.15) is 11.1 Å². The highest BCUT2D eigenvalue weighted by Crippen LogP contribution is 2.23. The number of hydrogen-bond donors (Lipinski definition) is 1. The van der Waals surface area contributed by atoms with Gasteiger partial charge in [0.05, 0.1) is 5.69 Å². The number of rotatable bonds is 3. The first kappa shape index (κ1) is 14.5. The fourth-order valence-electron chi connectivity index (χ4n) is 1.66. The summed E-state index contributed by atoms with van der Waals surface area (Å²) >= 11 is 3.38. The number of anilines is 1. The van der Waals surface area contributed by atoms with Gasteiger partial charge in [-0.15, -0.1) is 0 Å².